The molecule has 0 atom stereocenters. The molecule has 0 spiro atoms. The number of aromatic nitrogens is 1. The van der Waals surface area contributed by atoms with E-state index in [0.717, 1.165) is 48.3 Å². The standard InChI is InChI=1S/C16H18N2O/c1-12-7-10-18(11-8-12)16(19)14-6-9-17-15-5-3-2-4-13(14)15/h2-6,9,12H,7-8,10-11H2,1H3. The minimum Gasteiger partial charge on any atom is -0.339 e. The molecular weight excluding hydrogens is 236 g/mol. The molecule has 1 amide bonds. The Kier molecular flexibility index (Phi) is 3.20. The van der Waals surface area contributed by atoms with Crippen LogP contribution in [0, 0.1) is 5.92 Å². The Morgan fingerprint density at radius 3 is 2.74 bits per heavy atom. The van der Waals surface area contributed by atoms with Crippen molar-refractivity contribution in [2.45, 2.75) is 19.8 Å². The number of pyridine rings is 1. The maximum absolute atomic E-state index is 12.6. The lowest BCUT2D eigenvalue weighted by Crippen LogP contribution is -2.38. The van der Waals surface area contributed by atoms with Gasteiger partial charge < -0.3 is 4.90 Å². The third-order valence-electron chi connectivity index (χ3n) is 3.95. The third kappa shape index (κ3) is 2.33. The number of amides is 1. The number of benzene rings is 1. The van der Waals surface area contributed by atoms with E-state index in [2.05, 4.69) is 11.9 Å². The normalized spacial score (nSPS) is 16.8. The van der Waals surface area contributed by atoms with Gasteiger partial charge in [-0.2, -0.15) is 0 Å². The SMILES string of the molecule is CC1CCN(C(=O)c2ccnc3ccccc23)CC1. The van der Waals surface area contributed by atoms with Crippen LogP contribution in [0.1, 0.15) is 30.1 Å². The van der Waals surface area contributed by atoms with Crippen LogP contribution in [-0.2, 0) is 0 Å². The Labute approximate surface area is 113 Å². The molecule has 0 bridgehead atoms. The average Bonchev–Trinajstić information content (AvgIpc) is 2.47. The van der Waals surface area contributed by atoms with Crippen molar-refractivity contribution in [3.05, 3.63) is 42.1 Å². The highest BCUT2D eigenvalue weighted by Gasteiger charge is 2.22. The Hall–Kier alpha value is -1.90. The molecule has 3 nitrogen and oxygen atoms in total. The monoisotopic (exact) mass is 254 g/mol. The van der Waals surface area contributed by atoms with E-state index in [1.54, 1.807) is 6.20 Å². The number of rotatable bonds is 1. The summed E-state index contributed by atoms with van der Waals surface area (Å²) in [5.41, 5.74) is 1.67. The molecule has 0 unspecified atom stereocenters. The van der Waals surface area contributed by atoms with Gasteiger partial charge in [-0.15, -0.1) is 0 Å². The van der Waals surface area contributed by atoms with E-state index in [4.69, 9.17) is 0 Å². The second kappa shape index (κ2) is 5.00. The van der Waals surface area contributed by atoms with Crippen LogP contribution in [-0.4, -0.2) is 28.9 Å². The molecule has 2 aromatic rings. The summed E-state index contributed by atoms with van der Waals surface area (Å²) in [5, 5.41) is 0.952. The number of hydrogen-bond acceptors (Lipinski definition) is 2. The van der Waals surface area contributed by atoms with Crippen LogP contribution >= 0.6 is 0 Å². The molecule has 1 aliphatic rings. The molecule has 1 aliphatic heterocycles. The van der Waals surface area contributed by atoms with Crippen molar-refractivity contribution < 1.29 is 4.79 Å². The van der Waals surface area contributed by atoms with E-state index in [-0.39, 0.29) is 5.91 Å². The zero-order valence-corrected chi connectivity index (χ0v) is 11.2. The third-order valence-corrected chi connectivity index (χ3v) is 3.95. The topological polar surface area (TPSA) is 33.2 Å². The van der Waals surface area contributed by atoms with Crippen LogP contribution in [0.5, 0.6) is 0 Å². The van der Waals surface area contributed by atoms with Gasteiger partial charge in [0.2, 0.25) is 0 Å². The molecule has 3 rings (SSSR count). The Bertz CT molecular complexity index is 595. The Morgan fingerprint density at radius 1 is 1.21 bits per heavy atom. The molecule has 1 aromatic heterocycles. The molecule has 1 aromatic carbocycles. The molecule has 98 valence electrons. The summed E-state index contributed by atoms with van der Waals surface area (Å²) in [6, 6.07) is 9.67. The predicted octanol–water partition coefficient (Wildman–Crippen LogP) is 3.11. The first kappa shape index (κ1) is 12.2. The summed E-state index contributed by atoms with van der Waals surface area (Å²) in [4.78, 5) is 18.9. The summed E-state index contributed by atoms with van der Waals surface area (Å²) < 4.78 is 0. The molecule has 1 fully saturated rings. The largest absolute Gasteiger partial charge is 0.339 e. The fraction of sp³-hybridized carbons (Fsp3) is 0.375. The molecule has 0 radical (unpaired) electrons. The molecule has 0 N–H and O–H groups in total. The fourth-order valence-corrected chi connectivity index (χ4v) is 2.66. The van der Waals surface area contributed by atoms with Gasteiger partial charge in [0.15, 0.2) is 0 Å². The zero-order chi connectivity index (χ0) is 13.2. The van der Waals surface area contributed by atoms with E-state index in [1.807, 2.05) is 35.2 Å². The van der Waals surface area contributed by atoms with Gasteiger partial charge in [0.25, 0.3) is 5.91 Å². The minimum absolute atomic E-state index is 0.144. The lowest BCUT2D eigenvalue weighted by atomic mass is 9.98. The highest BCUT2D eigenvalue weighted by Crippen LogP contribution is 2.22. The number of nitrogens with zero attached hydrogens (tertiary/aromatic N) is 2. The van der Waals surface area contributed by atoms with Gasteiger partial charge >= 0.3 is 0 Å². The number of likely N-dealkylation sites (tertiary alicyclic amines) is 1. The van der Waals surface area contributed by atoms with E-state index in [1.165, 1.54) is 0 Å². The quantitative estimate of drug-likeness (QED) is 0.783. The van der Waals surface area contributed by atoms with Gasteiger partial charge in [-0.25, -0.2) is 0 Å². The van der Waals surface area contributed by atoms with E-state index < -0.39 is 0 Å². The van der Waals surface area contributed by atoms with Gasteiger partial charge in [0.1, 0.15) is 0 Å². The number of carbonyl (C=O) groups excluding carboxylic acids is 1. The van der Waals surface area contributed by atoms with E-state index in [0.29, 0.717) is 0 Å². The van der Waals surface area contributed by atoms with Crippen molar-refractivity contribution in [2.75, 3.05) is 13.1 Å². The first-order chi connectivity index (χ1) is 9.25. The van der Waals surface area contributed by atoms with Crippen LogP contribution in [0.3, 0.4) is 0 Å². The second-order valence-electron chi connectivity index (χ2n) is 5.35. The molecule has 0 aliphatic carbocycles. The van der Waals surface area contributed by atoms with E-state index in [9.17, 15) is 4.79 Å². The van der Waals surface area contributed by atoms with Crippen LogP contribution in [0.2, 0.25) is 0 Å². The highest BCUT2D eigenvalue weighted by molar-refractivity contribution is 6.05. The highest BCUT2D eigenvalue weighted by atomic mass is 16.2. The number of carbonyl (C=O) groups is 1. The summed E-state index contributed by atoms with van der Waals surface area (Å²) >= 11 is 0. The molecule has 1 saturated heterocycles. The van der Waals surface area contributed by atoms with Crippen LogP contribution < -0.4 is 0 Å². The Morgan fingerprint density at radius 2 is 1.95 bits per heavy atom. The maximum atomic E-state index is 12.6. The summed E-state index contributed by atoms with van der Waals surface area (Å²) in [7, 11) is 0. The second-order valence-corrected chi connectivity index (χ2v) is 5.35. The summed E-state index contributed by atoms with van der Waals surface area (Å²) in [5.74, 6) is 0.878. The molecule has 3 heteroatoms. The Balaban J connectivity index is 1.93. The zero-order valence-electron chi connectivity index (χ0n) is 11.2. The van der Waals surface area contributed by atoms with Crippen LogP contribution in [0.15, 0.2) is 36.5 Å². The number of para-hydroxylation sites is 1. The van der Waals surface area contributed by atoms with Gasteiger partial charge in [-0.3, -0.25) is 9.78 Å². The lowest BCUT2D eigenvalue weighted by molar-refractivity contribution is 0.0699. The van der Waals surface area contributed by atoms with Gasteiger partial charge in [0.05, 0.1) is 11.1 Å². The first-order valence-electron chi connectivity index (χ1n) is 6.89. The van der Waals surface area contributed by atoms with E-state index >= 15 is 0 Å². The maximum Gasteiger partial charge on any atom is 0.254 e. The number of hydrogen-bond donors (Lipinski definition) is 0. The number of piperidine rings is 1. The van der Waals surface area contributed by atoms with Gasteiger partial charge in [0, 0.05) is 24.7 Å². The predicted molar refractivity (Wildman–Crippen MR) is 76.0 cm³/mol. The van der Waals surface area contributed by atoms with Gasteiger partial charge in [-0.05, 0) is 30.9 Å². The fourth-order valence-electron chi connectivity index (χ4n) is 2.66. The lowest BCUT2D eigenvalue weighted by Gasteiger charge is -2.30. The first-order valence-corrected chi connectivity index (χ1v) is 6.89. The van der Waals surface area contributed by atoms with Crippen molar-refractivity contribution in [2.24, 2.45) is 5.92 Å². The van der Waals surface area contributed by atoms with Gasteiger partial charge in [-0.1, -0.05) is 25.1 Å². The van der Waals surface area contributed by atoms with Crippen molar-refractivity contribution in [1.29, 1.82) is 0 Å². The smallest absolute Gasteiger partial charge is 0.254 e. The van der Waals surface area contributed by atoms with Crippen LogP contribution in [0.4, 0.5) is 0 Å². The molecule has 19 heavy (non-hydrogen) atoms. The minimum atomic E-state index is 0.144. The van der Waals surface area contributed by atoms with Crippen molar-refractivity contribution in [3.63, 3.8) is 0 Å². The molecule has 0 saturated carbocycles. The average molecular weight is 254 g/mol. The molecule has 2 heterocycles. The summed E-state index contributed by atoms with van der Waals surface area (Å²) in [6.07, 6.45) is 3.94. The molecular formula is C16H18N2O. The van der Waals surface area contributed by atoms with Crippen molar-refractivity contribution in [1.82, 2.24) is 9.88 Å². The van der Waals surface area contributed by atoms with Crippen molar-refractivity contribution in [3.8, 4) is 0 Å². The number of fused-ring (bicyclic) bond motifs is 1. The van der Waals surface area contributed by atoms with Crippen molar-refractivity contribution >= 4 is 16.8 Å². The summed E-state index contributed by atoms with van der Waals surface area (Å²) in [6.45, 7) is 4.00. The van der Waals surface area contributed by atoms with Crippen LogP contribution in [0.25, 0.3) is 10.9 Å².